The molecule has 1 aliphatic heterocycles. The van der Waals surface area contributed by atoms with Crippen molar-refractivity contribution < 1.29 is 111 Å². The number of nitrogens with two attached hydrogens (primary N) is 2. The van der Waals surface area contributed by atoms with Crippen LogP contribution in [0.5, 0.6) is 0 Å². The average molecular weight is 1920 g/mol. The van der Waals surface area contributed by atoms with Crippen LogP contribution >= 0.6 is 0 Å². The summed E-state index contributed by atoms with van der Waals surface area (Å²) in [6.07, 6.45) is -5.88. The average Bonchev–Trinajstić information content (AvgIpc) is 0.818. The van der Waals surface area contributed by atoms with Gasteiger partial charge in [-0.3, -0.25) is 62.3 Å². The highest BCUT2D eigenvalue weighted by Crippen LogP contribution is 2.63. The predicted molar refractivity (Wildman–Crippen MR) is 507 cm³/mol. The van der Waals surface area contributed by atoms with E-state index in [1.807, 2.05) is 27.7 Å². The number of para-hydroxylation sites is 1. The van der Waals surface area contributed by atoms with E-state index in [1.165, 1.54) is 77.3 Å². The second-order valence-electron chi connectivity index (χ2n) is 38.4. The van der Waals surface area contributed by atoms with E-state index in [0.29, 0.717) is 40.6 Å². The van der Waals surface area contributed by atoms with Gasteiger partial charge in [-0.05, 0) is 122 Å². The standard InChI is InChI=1S/C102H128N14O23/c1-55(2)43-64(89(104)124)39-40-66(44-56(3)4)110-94(129)73(47-67-51-105-54-108-67)112-79(120)52-107-96(131)82(57(5)6)115-90(125)59(8)109-93(128)72(46-65-50-106-69-36-25-24-35-68(65)69)114-92(127)70(41-42-77(103)118)113-95(130)71(45-60-27-16-12-17-28-60)111-78(119)37-26-38-80(121)138-85(83(61-29-18-13-19-30-61)116-91(126)62-31-20-14-21-32-62)98(133)137-74-49-102(135)88(139-97(132)63-33-22-15-23-34-63)86-100(11,75(117)48-76-101(86,134)53-136-76)87(123)84(122)81(58(74)7)99(102,9)10/h12-25,27-36,39-40,50-51,54-57,59,64,66,70-76,82-86,88,106,117,122,134-135H,26,37-38,41-49,52-53H2,1-11H3,(H2,103,118)(H2,104,124)(H,105,108)(H,107,131)(H,109,128)(H,110,129)(H,111,119)(H,112,120)(H,113,130)(H,114,127)(H,115,125)(H,116,126)/b40-39+/t59-,64-,66+,70-,71+,72-,73-,74-,75-,76+,82-,83-,84+,85+,86-,88-,100+,101-,102+/m0/s1. The van der Waals surface area contributed by atoms with Gasteiger partial charge in [-0.25, -0.2) is 14.6 Å². The molecule has 1 saturated heterocycles. The number of aliphatic hydroxyl groups excluding tert-OH is 2. The van der Waals surface area contributed by atoms with Crippen molar-refractivity contribution in [1.29, 1.82) is 0 Å². The van der Waals surface area contributed by atoms with Crippen molar-refractivity contribution in [3.05, 3.63) is 221 Å². The van der Waals surface area contributed by atoms with Gasteiger partial charge in [-0.1, -0.05) is 183 Å². The summed E-state index contributed by atoms with van der Waals surface area (Å²) in [5.74, 6) is -16.2. The van der Waals surface area contributed by atoms with Gasteiger partial charge in [0.2, 0.25) is 65.2 Å². The lowest BCUT2D eigenvalue weighted by Crippen LogP contribution is -2.81. The van der Waals surface area contributed by atoms with Crippen molar-refractivity contribution in [1.82, 2.24) is 62.8 Å². The molecular weight excluding hydrogens is 1790 g/mol. The SMILES string of the molecule is CC1=C2[C@@H](O)C(=O)[C@@]3(C)[C@H]([C@H](OC(=O)c4ccccc4)[C@](O)(C[C@@H]1OC(=O)[C@H](OC(=O)CCCC(=O)N[C@H](Cc1ccccc1)C(=O)N[C@@H](CCC(N)=O)C(=O)N[C@@H](Cc1c[nH]c4ccccc14)C(=O)N[C@@H](C)C(=O)N[C@H](C(=O)NCC(=O)N[C@@H](Cc1c[nH]cn1)C(=O)N[C@H](/C=C/[C@@H](CC(C)C)C(N)=O)CC(C)C)C(C)C)[C@@H](NC(=O)c1ccccc1)c1ccccc1)C2(C)C)[C@]1(O)CO[C@@H]1C[C@@H]3O. The number of hydrogen-bond donors (Lipinski definition) is 17. The van der Waals surface area contributed by atoms with Crippen molar-refractivity contribution in [2.75, 3.05) is 13.2 Å². The van der Waals surface area contributed by atoms with Gasteiger partial charge in [0.25, 0.3) is 5.91 Å². The molecule has 3 aliphatic carbocycles. The van der Waals surface area contributed by atoms with Crippen LogP contribution in [0, 0.1) is 40.4 Å². The summed E-state index contributed by atoms with van der Waals surface area (Å²) >= 11 is 0. The van der Waals surface area contributed by atoms with E-state index in [1.54, 1.807) is 148 Å². The zero-order valence-corrected chi connectivity index (χ0v) is 79.8. The van der Waals surface area contributed by atoms with Gasteiger partial charge in [0.05, 0.1) is 54.3 Å². The Balaban J connectivity index is 0.791. The number of H-pyrrole nitrogens is 2. The topological polar surface area (TPSA) is 579 Å². The van der Waals surface area contributed by atoms with Gasteiger partial charge in [-0.2, -0.15) is 0 Å². The number of Topliss-reactive ketones (excluding diaryl/α,β-unsaturated/α-hetero) is 1. The molecule has 0 unspecified atom stereocenters. The number of carbonyl (C=O) groups excluding carboxylic acids is 15. The summed E-state index contributed by atoms with van der Waals surface area (Å²) in [5, 5.41) is 76.3. The minimum atomic E-state index is -2.55. The lowest BCUT2D eigenvalue weighted by atomic mass is 9.44. The Hall–Kier alpha value is -13.6. The summed E-state index contributed by atoms with van der Waals surface area (Å²) in [5.41, 5.74) is 5.04. The molecule has 11 rings (SSSR count). The van der Waals surface area contributed by atoms with Gasteiger partial charge in [-0.15, -0.1) is 0 Å². The maximum Gasteiger partial charge on any atom is 0.350 e. The summed E-state index contributed by atoms with van der Waals surface area (Å²) < 4.78 is 24.7. The van der Waals surface area contributed by atoms with Gasteiger partial charge in [0.1, 0.15) is 71.8 Å². The van der Waals surface area contributed by atoms with Crippen molar-refractivity contribution >= 4 is 99.6 Å². The van der Waals surface area contributed by atoms with E-state index in [4.69, 9.17) is 30.4 Å². The lowest BCUT2D eigenvalue weighted by molar-refractivity contribution is -0.343. The number of aliphatic hydroxyl groups is 4. The third-order valence-corrected chi connectivity index (χ3v) is 26.7. The van der Waals surface area contributed by atoms with E-state index in [0.717, 1.165) is 0 Å². The van der Waals surface area contributed by atoms with Gasteiger partial charge < -0.3 is 109 Å². The lowest BCUT2D eigenvalue weighted by Gasteiger charge is -2.66. The Morgan fingerprint density at radius 3 is 1.82 bits per heavy atom. The number of fused-ring (bicyclic) bond motifs is 6. The second-order valence-corrected chi connectivity index (χ2v) is 38.4. The molecule has 19 N–H and O–H groups in total. The van der Waals surface area contributed by atoms with Crippen LogP contribution in [0.1, 0.15) is 183 Å². The summed E-state index contributed by atoms with van der Waals surface area (Å²) in [7, 11) is 0. The Labute approximate surface area is 805 Å². The summed E-state index contributed by atoms with van der Waals surface area (Å²) in [4.78, 5) is 226. The van der Waals surface area contributed by atoms with Crippen LogP contribution in [0.2, 0.25) is 0 Å². The molecule has 0 spiro atoms. The van der Waals surface area contributed by atoms with Crippen LogP contribution in [-0.2, 0) is 101 Å². The maximum atomic E-state index is 15.7. The number of amides is 11. The first kappa shape index (κ1) is 106. The number of benzene rings is 5. The minimum absolute atomic E-state index is 0.00511. The zero-order chi connectivity index (χ0) is 101. The molecule has 7 aromatic rings. The molecular formula is C102H128N14O23. The van der Waals surface area contributed by atoms with E-state index in [9.17, 15) is 73.2 Å². The van der Waals surface area contributed by atoms with Crippen LogP contribution in [0.25, 0.3) is 10.9 Å². The molecule has 5 aromatic carbocycles. The molecule has 11 amide bonds. The highest BCUT2D eigenvalue weighted by Gasteiger charge is 2.76. The molecule has 2 bridgehead atoms. The smallest absolute Gasteiger partial charge is 0.350 e. The monoisotopic (exact) mass is 1920 g/mol. The molecule has 3 fully saturated rings. The number of nitrogens with one attached hydrogen (secondary N) is 11. The van der Waals surface area contributed by atoms with E-state index in [-0.39, 0.29) is 71.8 Å². The normalized spacial score (nSPS) is 22.4. The number of aromatic amines is 2. The van der Waals surface area contributed by atoms with Crippen LogP contribution in [0.4, 0.5) is 0 Å². The number of primary amides is 2. The van der Waals surface area contributed by atoms with Crippen molar-refractivity contribution in [3.8, 4) is 0 Å². The summed E-state index contributed by atoms with van der Waals surface area (Å²) in [6, 6.07) is 27.8. The fourth-order valence-electron chi connectivity index (χ4n) is 19.0. The minimum Gasteiger partial charge on any atom is -0.455 e. The number of ether oxygens (including phenoxy) is 4. The molecule has 3 heterocycles. The first-order valence-electron chi connectivity index (χ1n) is 46.9. The van der Waals surface area contributed by atoms with Gasteiger partial charge in [0.15, 0.2) is 5.78 Å². The molecule has 37 heteroatoms. The Morgan fingerprint density at radius 2 is 1.20 bits per heavy atom. The number of imidazole rings is 1. The molecule has 19 atom stereocenters. The maximum absolute atomic E-state index is 15.7. The Bertz CT molecular complexity index is 5640. The number of ketones is 1. The van der Waals surface area contributed by atoms with Crippen molar-refractivity contribution in [2.24, 2.45) is 51.9 Å². The third-order valence-electron chi connectivity index (χ3n) is 26.7. The van der Waals surface area contributed by atoms with Crippen LogP contribution in [0.3, 0.4) is 0 Å². The molecule has 2 aromatic heterocycles. The van der Waals surface area contributed by atoms with Gasteiger partial charge >= 0.3 is 17.9 Å². The number of aromatic nitrogens is 3. The number of rotatable bonds is 45. The van der Waals surface area contributed by atoms with Gasteiger partial charge in [0, 0.05) is 97.6 Å². The molecule has 139 heavy (non-hydrogen) atoms. The van der Waals surface area contributed by atoms with E-state index < -0.39 is 259 Å². The highest BCUT2D eigenvalue weighted by molar-refractivity contribution is 6.00. The second kappa shape index (κ2) is 46.7. The largest absolute Gasteiger partial charge is 0.455 e. The molecule has 744 valence electrons. The van der Waals surface area contributed by atoms with Crippen LogP contribution in [0.15, 0.2) is 188 Å². The Kier molecular flexibility index (Phi) is 35.5. The first-order chi connectivity index (χ1) is 65.9. The molecule has 37 nitrogen and oxygen atoms in total. The Morgan fingerprint density at radius 1 is 0.612 bits per heavy atom. The number of esters is 3. The van der Waals surface area contributed by atoms with Crippen LogP contribution in [-0.4, -0.2) is 227 Å². The van der Waals surface area contributed by atoms with E-state index in [2.05, 4.69) is 62.8 Å². The fraction of sp³-hybridized carbons (Fsp3) is 0.471. The van der Waals surface area contributed by atoms with Crippen molar-refractivity contribution in [2.45, 2.75) is 249 Å². The third kappa shape index (κ3) is 25.9. The molecule has 0 radical (unpaired) electrons. The van der Waals surface area contributed by atoms with E-state index >= 15 is 19.2 Å². The first-order valence-corrected chi connectivity index (χ1v) is 46.9. The number of nitrogens with zero attached hydrogens (tertiary/aromatic N) is 1. The fourth-order valence-corrected chi connectivity index (χ4v) is 19.0. The molecule has 4 aliphatic rings. The number of hydrogen-bond acceptors (Lipinski definition) is 24. The number of carbonyl (C=O) groups is 15. The highest BCUT2D eigenvalue weighted by atomic mass is 16.6. The zero-order valence-electron chi connectivity index (χ0n) is 79.8. The summed E-state index contributed by atoms with van der Waals surface area (Å²) in [6.45, 7) is 17.0. The quantitative estimate of drug-likeness (QED) is 0.0142. The van der Waals surface area contributed by atoms with Crippen molar-refractivity contribution in [3.63, 3.8) is 0 Å². The van der Waals surface area contributed by atoms with Crippen LogP contribution < -0.4 is 59.3 Å². The predicted octanol–water partition coefficient (Wildman–Crippen LogP) is 4.45. The molecule has 2 saturated carbocycles.